The zero-order chi connectivity index (χ0) is 17.7. The Kier molecular flexibility index (Phi) is 5.58. The molecule has 0 aliphatic carbocycles. The Morgan fingerprint density at radius 2 is 1.76 bits per heavy atom. The molecule has 0 atom stereocenters. The first-order valence-corrected chi connectivity index (χ1v) is 10.3. The van der Waals surface area contributed by atoms with Gasteiger partial charge in [0.15, 0.2) is 0 Å². The SMILES string of the molecule is O=S(=O)(CCc1ccccc1F)Nc1cccc(N2CCCCC2)c1. The third kappa shape index (κ3) is 4.95. The highest BCUT2D eigenvalue weighted by atomic mass is 32.2. The molecule has 134 valence electrons. The lowest BCUT2D eigenvalue weighted by Crippen LogP contribution is -2.29. The van der Waals surface area contributed by atoms with Gasteiger partial charge < -0.3 is 4.90 Å². The molecular weight excluding hydrogens is 339 g/mol. The first kappa shape index (κ1) is 17.7. The van der Waals surface area contributed by atoms with Crippen LogP contribution >= 0.6 is 0 Å². The van der Waals surface area contributed by atoms with E-state index in [0.29, 0.717) is 11.3 Å². The molecule has 1 N–H and O–H groups in total. The van der Waals surface area contributed by atoms with E-state index in [9.17, 15) is 12.8 Å². The number of halogens is 1. The molecule has 2 aromatic rings. The Morgan fingerprint density at radius 3 is 2.52 bits per heavy atom. The van der Waals surface area contributed by atoms with Crippen molar-refractivity contribution in [1.82, 2.24) is 0 Å². The van der Waals surface area contributed by atoms with E-state index >= 15 is 0 Å². The van der Waals surface area contributed by atoms with Gasteiger partial charge in [-0.2, -0.15) is 0 Å². The molecule has 0 spiro atoms. The molecule has 1 heterocycles. The van der Waals surface area contributed by atoms with Crippen LogP contribution < -0.4 is 9.62 Å². The second-order valence-electron chi connectivity index (χ2n) is 6.36. The number of anilines is 2. The van der Waals surface area contributed by atoms with Crippen molar-refractivity contribution in [1.29, 1.82) is 0 Å². The molecule has 1 aliphatic rings. The van der Waals surface area contributed by atoms with Crippen LogP contribution in [0.2, 0.25) is 0 Å². The third-order valence-corrected chi connectivity index (χ3v) is 5.73. The summed E-state index contributed by atoms with van der Waals surface area (Å²) in [6.07, 6.45) is 3.73. The lowest BCUT2D eigenvalue weighted by Gasteiger charge is -2.29. The van der Waals surface area contributed by atoms with Gasteiger partial charge in [0.05, 0.1) is 11.4 Å². The summed E-state index contributed by atoms with van der Waals surface area (Å²) in [5.41, 5.74) is 2.00. The van der Waals surface area contributed by atoms with Gasteiger partial charge in [0, 0.05) is 18.8 Å². The lowest BCUT2D eigenvalue weighted by molar-refractivity contribution is 0.578. The van der Waals surface area contributed by atoms with E-state index in [1.54, 1.807) is 24.3 Å². The highest BCUT2D eigenvalue weighted by Crippen LogP contribution is 2.23. The molecule has 0 amide bonds. The number of hydrogen-bond acceptors (Lipinski definition) is 3. The van der Waals surface area contributed by atoms with Crippen molar-refractivity contribution in [2.75, 3.05) is 28.5 Å². The summed E-state index contributed by atoms with van der Waals surface area (Å²) in [5.74, 6) is -0.521. The molecule has 0 saturated carbocycles. The molecule has 3 rings (SSSR count). The average Bonchev–Trinajstić information content (AvgIpc) is 2.62. The van der Waals surface area contributed by atoms with Gasteiger partial charge in [-0.25, -0.2) is 12.8 Å². The number of aryl methyl sites for hydroxylation is 1. The largest absolute Gasteiger partial charge is 0.371 e. The summed E-state index contributed by atoms with van der Waals surface area (Å²) in [5, 5.41) is 0. The van der Waals surface area contributed by atoms with Crippen molar-refractivity contribution in [3.63, 3.8) is 0 Å². The van der Waals surface area contributed by atoms with Crippen LogP contribution in [0.3, 0.4) is 0 Å². The topological polar surface area (TPSA) is 49.4 Å². The second-order valence-corrected chi connectivity index (χ2v) is 8.20. The fourth-order valence-electron chi connectivity index (χ4n) is 3.09. The van der Waals surface area contributed by atoms with Crippen LogP contribution in [0, 0.1) is 5.82 Å². The van der Waals surface area contributed by atoms with Gasteiger partial charge in [0.25, 0.3) is 0 Å². The predicted octanol–water partition coefficient (Wildman–Crippen LogP) is 3.80. The highest BCUT2D eigenvalue weighted by Gasteiger charge is 2.15. The normalized spacial score (nSPS) is 15.2. The summed E-state index contributed by atoms with van der Waals surface area (Å²) in [6, 6.07) is 13.7. The number of benzene rings is 2. The van der Waals surface area contributed by atoms with Gasteiger partial charge in [-0.05, 0) is 55.5 Å². The van der Waals surface area contributed by atoms with E-state index in [-0.39, 0.29) is 18.0 Å². The van der Waals surface area contributed by atoms with Crippen LogP contribution in [-0.4, -0.2) is 27.3 Å². The van der Waals surface area contributed by atoms with E-state index in [0.717, 1.165) is 18.8 Å². The number of piperidine rings is 1. The van der Waals surface area contributed by atoms with Gasteiger partial charge in [0.2, 0.25) is 10.0 Å². The first-order valence-electron chi connectivity index (χ1n) is 8.62. The van der Waals surface area contributed by atoms with Crippen molar-refractivity contribution in [2.24, 2.45) is 0 Å². The van der Waals surface area contributed by atoms with Crippen molar-refractivity contribution in [2.45, 2.75) is 25.7 Å². The maximum atomic E-state index is 13.6. The Morgan fingerprint density at radius 1 is 1.00 bits per heavy atom. The van der Waals surface area contributed by atoms with Crippen molar-refractivity contribution < 1.29 is 12.8 Å². The van der Waals surface area contributed by atoms with Crippen LogP contribution in [0.15, 0.2) is 48.5 Å². The molecule has 0 radical (unpaired) electrons. The quantitative estimate of drug-likeness (QED) is 0.850. The molecule has 1 saturated heterocycles. The van der Waals surface area contributed by atoms with Crippen LogP contribution in [0.25, 0.3) is 0 Å². The number of sulfonamides is 1. The maximum Gasteiger partial charge on any atom is 0.233 e. The van der Waals surface area contributed by atoms with Crippen LogP contribution in [0.5, 0.6) is 0 Å². The van der Waals surface area contributed by atoms with Crippen molar-refractivity contribution in [3.05, 3.63) is 59.9 Å². The molecule has 4 nitrogen and oxygen atoms in total. The molecule has 0 unspecified atom stereocenters. The molecule has 0 bridgehead atoms. The van der Waals surface area contributed by atoms with Crippen LogP contribution in [-0.2, 0) is 16.4 Å². The third-order valence-electron chi connectivity index (χ3n) is 4.44. The second kappa shape index (κ2) is 7.87. The van der Waals surface area contributed by atoms with E-state index in [2.05, 4.69) is 9.62 Å². The van der Waals surface area contributed by atoms with Crippen LogP contribution in [0.4, 0.5) is 15.8 Å². The zero-order valence-corrected chi connectivity index (χ0v) is 14.9. The molecule has 2 aromatic carbocycles. The molecule has 1 fully saturated rings. The lowest BCUT2D eigenvalue weighted by atomic mass is 10.1. The average molecular weight is 362 g/mol. The van der Waals surface area contributed by atoms with Crippen molar-refractivity contribution in [3.8, 4) is 0 Å². The molecule has 25 heavy (non-hydrogen) atoms. The first-order chi connectivity index (χ1) is 12.0. The number of hydrogen-bond donors (Lipinski definition) is 1. The summed E-state index contributed by atoms with van der Waals surface area (Å²) in [6.45, 7) is 2.01. The zero-order valence-electron chi connectivity index (χ0n) is 14.1. The maximum absolute atomic E-state index is 13.6. The van der Waals surface area contributed by atoms with E-state index in [1.807, 2.05) is 18.2 Å². The molecule has 1 aliphatic heterocycles. The van der Waals surface area contributed by atoms with Gasteiger partial charge in [-0.1, -0.05) is 24.3 Å². The molecule has 6 heteroatoms. The summed E-state index contributed by atoms with van der Waals surface area (Å²) >= 11 is 0. The minimum atomic E-state index is -3.53. The fraction of sp³-hybridized carbons (Fsp3) is 0.368. The summed E-state index contributed by atoms with van der Waals surface area (Å²) in [7, 11) is -3.53. The number of nitrogens with one attached hydrogen (secondary N) is 1. The minimum Gasteiger partial charge on any atom is -0.371 e. The Labute approximate surface area is 148 Å². The Balaban J connectivity index is 1.65. The van der Waals surface area contributed by atoms with E-state index in [4.69, 9.17) is 0 Å². The molecular formula is C19H23FN2O2S. The standard InChI is InChI=1S/C19H23FN2O2S/c20-19-10-3-2-7-16(19)11-14-25(23,24)21-17-8-6-9-18(15-17)22-12-4-1-5-13-22/h2-3,6-10,15,21H,1,4-5,11-14H2. The summed E-state index contributed by atoms with van der Waals surface area (Å²) < 4.78 is 40.9. The van der Waals surface area contributed by atoms with Gasteiger partial charge >= 0.3 is 0 Å². The highest BCUT2D eigenvalue weighted by molar-refractivity contribution is 7.92. The van der Waals surface area contributed by atoms with Crippen molar-refractivity contribution >= 4 is 21.4 Å². The predicted molar refractivity (Wildman–Crippen MR) is 100 cm³/mol. The van der Waals surface area contributed by atoms with Gasteiger partial charge in [0.1, 0.15) is 5.82 Å². The Hall–Kier alpha value is -2.08. The van der Waals surface area contributed by atoms with Crippen LogP contribution in [0.1, 0.15) is 24.8 Å². The number of nitrogens with zero attached hydrogens (tertiary/aromatic N) is 1. The molecule has 0 aromatic heterocycles. The van der Waals surface area contributed by atoms with E-state index in [1.165, 1.54) is 25.3 Å². The summed E-state index contributed by atoms with van der Waals surface area (Å²) in [4.78, 5) is 2.28. The van der Waals surface area contributed by atoms with Gasteiger partial charge in [-0.3, -0.25) is 4.72 Å². The van der Waals surface area contributed by atoms with E-state index < -0.39 is 10.0 Å². The van der Waals surface area contributed by atoms with Gasteiger partial charge in [-0.15, -0.1) is 0 Å². The smallest absolute Gasteiger partial charge is 0.233 e. The number of rotatable bonds is 6. The monoisotopic (exact) mass is 362 g/mol. The Bertz CT molecular complexity index is 818. The fourth-order valence-corrected chi connectivity index (χ4v) is 4.17. The minimum absolute atomic E-state index is 0.147.